The molecule has 0 saturated heterocycles. The van der Waals surface area contributed by atoms with Gasteiger partial charge in [0.2, 0.25) is 0 Å². The Morgan fingerprint density at radius 1 is 0.958 bits per heavy atom. The number of ether oxygens (including phenoxy) is 1. The summed E-state index contributed by atoms with van der Waals surface area (Å²) < 4.78 is 5.28. The van der Waals surface area contributed by atoms with E-state index in [0.717, 1.165) is 4.90 Å². The molecule has 1 aliphatic heterocycles. The average molecular weight is 362 g/mol. The van der Waals surface area contributed by atoms with Gasteiger partial charge in [0, 0.05) is 10.6 Å². The van der Waals surface area contributed by atoms with Gasteiger partial charge in [0.05, 0.1) is 18.4 Å². The summed E-state index contributed by atoms with van der Waals surface area (Å²) in [6.45, 7) is 1.74. The van der Waals surface area contributed by atoms with Gasteiger partial charge in [0.25, 0.3) is 11.8 Å². The number of imide groups is 1. The Morgan fingerprint density at radius 3 is 2.38 bits per heavy atom. The third-order valence-electron chi connectivity index (χ3n) is 3.88. The minimum atomic E-state index is -0.576. The molecule has 3 rings (SSSR count). The molecule has 0 spiro atoms. The van der Waals surface area contributed by atoms with E-state index in [2.05, 4.69) is 0 Å². The zero-order valence-corrected chi connectivity index (χ0v) is 14.5. The largest absolute Gasteiger partial charge is 0.496 e. The van der Waals surface area contributed by atoms with Crippen molar-refractivity contribution in [2.75, 3.05) is 12.0 Å². The van der Waals surface area contributed by atoms with Crippen molar-refractivity contribution >= 4 is 46.3 Å². The number of rotatable bonds is 3. The molecule has 0 aliphatic carbocycles. The molecule has 0 unspecified atom stereocenters. The summed E-state index contributed by atoms with van der Waals surface area (Å²) in [4.78, 5) is 26.6. The maximum absolute atomic E-state index is 12.9. The Balaban J connectivity index is 2.13. The van der Waals surface area contributed by atoms with Crippen molar-refractivity contribution in [1.29, 1.82) is 0 Å². The first-order chi connectivity index (χ1) is 11.5. The molecular formula is C18H13Cl2NO3. The number of para-hydroxylation sites is 1. The summed E-state index contributed by atoms with van der Waals surface area (Å²) in [5.41, 5.74) is 1.65. The fraction of sp³-hybridized carbons (Fsp3) is 0.111. The molecule has 6 heteroatoms. The molecular weight excluding hydrogens is 349 g/mol. The third kappa shape index (κ3) is 2.48. The second kappa shape index (κ2) is 6.30. The van der Waals surface area contributed by atoms with Crippen LogP contribution in [0.25, 0.3) is 5.57 Å². The highest BCUT2D eigenvalue weighted by Crippen LogP contribution is 2.39. The molecule has 0 radical (unpaired) electrons. The number of carbonyl (C=O) groups excluding carboxylic acids is 2. The van der Waals surface area contributed by atoms with Gasteiger partial charge in [0.1, 0.15) is 10.8 Å². The van der Waals surface area contributed by atoms with Crippen LogP contribution >= 0.6 is 23.2 Å². The molecule has 1 aliphatic rings. The topological polar surface area (TPSA) is 46.6 Å². The van der Waals surface area contributed by atoms with Crippen molar-refractivity contribution in [3.8, 4) is 5.75 Å². The summed E-state index contributed by atoms with van der Waals surface area (Å²) in [7, 11) is 1.49. The van der Waals surface area contributed by atoms with Gasteiger partial charge in [0.15, 0.2) is 0 Å². The second-order valence-corrected chi connectivity index (χ2v) is 6.00. The zero-order chi connectivity index (χ0) is 17.4. The number of amides is 2. The number of benzene rings is 2. The molecule has 24 heavy (non-hydrogen) atoms. The van der Waals surface area contributed by atoms with Crippen molar-refractivity contribution in [2.24, 2.45) is 0 Å². The first-order valence-corrected chi connectivity index (χ1v) is 7.90. The van der Waals surface area contributed by atoms with Crippen LogP contribution in [-0.2, 0) is 9.59 Å². The molecule has 2 aromatic rings. The zero-order valence-electron chi connectivity index (χ0n) is 13.0. The Kier molecular flexibility index (Phi) is 4.35. The van der Waals surface area contributed by atoms with Crippen LogP contribution in [0.3, 0.4) is 0 Å². The third-order valence-corrected chi connectivity index (χ3v) is 4.64. The van der Waals surface area contributed by atoms with E-state index in [1.165, 1.54) is 7.11 Å². The van der Waals surface area contributed by atoms with Gasteiger partial charge in [-0.05, 0) is 30.7 Å². The molecule has 0 N–H and O–H groups in total. The average Bonchev–Trinajstić information content (AvgIpc) is 2.80. The van der Waals surface area contributed by atoms with Crippen molar-refractivity contribution in [2.45, 2.75) is 6.92 Å². The SMILES string of the molecule is COc1ccccc1C1=C(Cl)C(=O)N(c2cccc(Cl)c2C)C1=O. The van der Waals surface area contributed by atoms with Crippen molar-refractivity contribution in [3.05, 3.63) is 63.6 Å². The molecule has 0 saturated carbocycles. The van der Waals surface area contributed by atoms with Crippen LogP contribution in [0.4, 0.5) is 5.69 Å². The first-order valence-electron chi connectivity index (χ1n) is 7.14. The van der Waals surface area contributed by atoms with E-state index in [1.54, 1.807) is 49.4 Å². The van der Waals surface area contributed by atoms with Gasteiger partial charge >= 0.3 is 0 Å². The molecule has 2 aromatic carbocycles. The summed E-state index contributed by atoms with van der Waals surface area (Å²) in [5.74, 6) is -0.607. The second-order valence-electron chi connectivity index (χ2n) is 5.22. The van der Waals surface area contributed by atoms with E-state index in [4.69, 9.17) is 27.9 Å². The maximum Gasteiger partial charge on any atom is 0.277 e. The van der Waals surface area contributed by atoms with Crippen LogP contribution in [0.15, 0.2) is 47.5 Å². The molecule has 1 heterocycles. The molecule has 0 fully saturated rings. The molecule has 0 bridgehead atoms. The fourth-order valence-electron chi connectivity index (χ4n) is 2.64. The lowest BCUT2D eigenvalue weighted by molar-refractivity contribution is -0.119. The highest BCUT2D eigenvalue weighted by Gasteiger charge is 2.40. The van der Waals surface area contributed by atoms with Gasteiger partial charge in [-0.2, -0.15) is 0 Å². The first kappa shape index (κ1) is 16.6. The highest BCUT2D eigenvalue weighted by molar-refractivity contribution is 6.60. The lowest BCUT2D eigenvalue weighted by atomic mass is 10.0. The Hall–Kier alpha value is -2.30. The molecule has 0 aromatic heterocycles. The van der Waals surface area contributed by atoms with Crippen molar-refractivity contribution < 1.29 is 14.3 Å². The summed E-state index contributed by atoms with van der Waals surface area (Å²) in [6.07, 6.45) is 0. The number of halogens is 2. The summed E-state index contributed by atoms with van der Waals surface area (Å²) in [5, 5.41) is 0.332. The van der Waals surface area contributed by atoms with Crippen LogP contribution in [0.1, 0.15) is 11.1 Å². The number of hydrogen-bond acceptors (Lipinski definition) is 3. The normalized spacial score (nSPS) is 14.6. The van der Waals surface area contributed by atoms with Crippen LogP contribution < -0.4 is 9.64 Å². The number of nitrogens with zero attached hydrogens (tertiary/aromatic N) is 1. The monoisotopic (exact) mass is 361 g/mol. The smallest absolute Gasteiger partial charge is 0.277 e. The van der Waals surface area contributed by atoms with Crippen LogP contribution in [0, 0.1) is 6.92 Å². The highest BCUT2D eigenvalue weighted by atomic mass is 35.5. The van der Waals surface area contributed by atoms with Crippen molar-refractivity contribution in [1.82, 2.24) is 0 Å². The van der Waals surface area contributed by atoms with Crippen LogP contribution in [0.5, 0.6) is 5.75 Å². The van der Waals surface area contributed by atoms with E-state index >= 15 is 0 Å². The summed E-state index contributed by atoms with van der Waals surface area (Å²) >= 11 is 12.3. The van der Waals surface area contributed by atoms with E-state index in [-0.39, 0.29) is 10.6 Å². The molecule has 2 amide bonds. The lowest BCUT2D eigenvalue weighted by Crippen LogP contribution is -2.31. The molecule has 0 atom stereocenters. The van der Waals surface area contributed by atoms with Crippen molar-refractivity contribution in [3.63, 3.8) is 0 Å². The molecule has 122 valence electrons. The predicted molar refractivity (Wildman–Crippen MR) is 94.4 cm³/mol. The van der Waals surface area contributed by atoms with E-state index in [1.807, 2.05) is 0 Å². The van der Waals surface area contributed by atoms with E-state index < -0.39 is 11.8 Å². The van der Waals surface area contributed by atoms with Gasteiger partial charge in [-0.3, -0.25) is 9.59 Å². The standard InChI is InChI=1S/C18H13Cl2NO3/c1-10-12(19)7-5-8-13(10)21-17(22)15(16(20)18(21)23)11-6-3-4-9-14(11)24-2/h3-9H,1-2H3. The van der Waals surface area contributed by atoms with E-state index in [0.29, 0.717) is 27.6 Å². The number of methoxy groups -OCH3 is 1. The minimum absolute atomic E-state index is 0.124. The number of anilines is 1. The van der Waals surface area contributed by atoms with Gasteiger partial charge < -0.3 is 4.74 Å². The Labute approximate surface area is 149 Å². The van der Waals surface area contributed by atoms with Gasteiger partial charge in [-0.1, -0.05) is 47.5 Å². The molecule has 4 nitrogen and oxygen atoms in total. The van der Waals surface area contributed by atoms with E-state index in [9.17, 15) is 9.59 Å². The lowest BCUT2D eigenvalue weighted by Gasteiger charge is -2.18. The van der Waals surface area contributed by atoms with Gasteiger partial charge in [-0.25, -0.2) is 4.90 Å². The fourth-order valence-corrected chi connectivity index (χ4v) is 3.08. The minimum Gasteiger partial charge on any atom is -0.496 e. The number of hydrogen-bond donors (Lipinski definition) is 0. The maximum atomic E-state index is 12.9. The Morgan fingerprint density at radius 2 is 1.67 bits per heavy atom. The van der Waals surface area contributed by atoms with Gasteiger partial charge in [-0.15, -0.1) is 0 Å². The number of carbonyl (C=O) groups is 2. The predicted octanol–water partition coefficient (Wildman–Crippen LogP) is 4.18. The van der Waals surface area contributed by atoms with Crippen LogP contribution in [0.2, 0.25) is 5.02 Å². The Bertz CT molecular complexity index is 890. The van der Waals surface area contributed by atoms with Crippen LogP contribution in [-0.4, -0.2) is 18.9 Å². The quantitative estimate of drug-likeness (QED) is 0.770. The summed E-state index contributed by atoms with van der Waals surface area (Å²) in [6, 6.07) is 12.0.